The van der Waals surface area contributed by atoms with Crippen LogP contribution in [0.15, 0.2) is 60.8 Å². The van der Waals surface area contributed by atoms with Gasteiger partial charge < -0.3 is 20.1 Å². The standard InChI is InChI=1S/C39H70NO7P/c1-3-5-7-9-11-13-15-17-18-19-20-21-22-24-26-28-30-32-39(41)47-38(37-46-48(42,43)45-35-33-40)36-44-34-31-29-27-25-23-16-14-12-10-8-6-4-2/h5,7,11,13,17-18,20-21,24,26,38H,3-4,6,8-10,12,14-16,19,22-23,25,27-37,40H2,1-2H3,(H,42,43)/b7-5-,13-11-,18-17-,21-20-,26-24-. The molecular weight excluding hydrogens is 625 g/mol. The van der Waals surface area contributed by atoms with E-state index in [-0.39, 0.29) is 38.8 Å². The van der Waals surface area contributed by atoms with Crippen LogP contribution in [0, 0.1) is 0 Å². The molecule has 0 heterocycles. The van der Waals surface area contributed by atoms with E-state index in [2.05, 4.69) is 74.6 Å². The lowest BCUT2D eigenvalue weighted by Gasteiger charge is -2.20. The lowest BCUT2D eigenvalue weighted by Crippen LogP contribution is -2.28. The molecule has 8 nitrogen and oxygen atoms in total. The number of rotatable bonds is 35. The van der Waals surface area contributed by atoms with Crippen molar-refractivity contribution in [3.8, 4) is 0 Å². The number of hydrogen-bond acceptors (Lipinski definition) is 7. The van der Waals surface area contributed by atoms with E-state index >= 15 is 0 Å². The maximum atomic E-state index is 12.5. The number of carbonyl (C=O) groups excluding carboxylic acids is 1. The summed E-state index contributed by atoms with van der Waals surface area (Å²) in [6.45, 7) is 4.71. The molecular formula is C39H70NO7P. The van der Waals surface area contributed by atoms with Gasteiger partial charge in [0.1, 0.15) is 6.10 Å². The minimum atomic E-state index is -4.29. The number of phosphoric acid groups is 1. The molecule has 0 aliphatic carbocycles. The highest BCUT2D eigenvalue weighted by Gasteiger charge is 2.25. The van der Waals surface area contributed by atoms with Gasteiger partial charge in [-0.05, 0) is 51.4 Å². The van der Waals surface area contributed by atoms with Gasteiger partial charge in [0.15, 0.2) is 0 Å². The molecule has 0 radical (unpaired) electrons. The van der Waals surface area contributed by atoms with Gasteiger partial charge in [0, 0.05) is 19.6 Å². The molecule has 2 unspecified atom stereocenters. The number of ether oxygens (including phenoxy) is 2. The van der Waals surface area contributed by atoms with E-state index in [9.17, 15) is 14.3 Å². The number of unbranched alkanes of at least 4 members (excludes halogenated alkanes) is 12. The lowest BCUT2D eigenvalue weighted by molar-refractivity contribution is -0.154. The first kappa shape index (κ1) is 46.2. The van der Waals surface area contributed by atoms with Crippen LogP contribution in [0.25, 0.3) is 0 Å². The number of carbonyl (C=O) groups is 1. The zero-order valence-electron chi connectivity index (χ0n) is 30.4. The summed E-state index contributed by atoms with van der Waals surface area (Å²) in [6, 6.07) is 0. The molecule has 0 fully saturated rings. The van der Waals surface area contributed by atoms with Crippen LogP contribution in [-0.4, -0.2) is 49.9 Å². The van der Waals surface area contributed by atoms with Gasteiger partial charge in [0.05, 0.1) is 19.8 Å². The van der Waals surface area contributed by atoms with E-state index in [4.69, 9.17) is 24.3 Å². The SMILES string of the molecule is CC/C=C\C/C=C\C/C=C\C/C=C\C/C=C\CCCC(=O)OC(COCCCCCCCCCCCCCC)COP(=O)(O)OCCN. The largest absolute Gasteiger partial charge is 0.472 e. The fourth-order valence-electron chi connectivity index (χ4n) is 4.74. The summed E-state index contributed by atoms with van der Waals surface area (Å²) in [4.78, 5) is 22.3. The van der Waals surface area contributed by atoms with Gasteiger partial charge in [-0.2, -0.15) is 0 Å². The molecule has 0 spiro atoms. The van der Waals surface area contributed by atoms with Crippen molar-refractivity contribution in [1.29, 1.82) is 0 Å². The smallest absolute Gasteiger partial charge is 0.457 e. The van der Waals surface area contributed by atoms with Crippen LogP contribution in [0.3, 0.4) is 0 Å². The molecule has 0 aromatic rings. The summed E-state index contributed by atoms with van der Waals surface area (Å²) < 4.78 is 33.2. The van der Waals surface area contributed by atoms with Gasteiger partial charge >= 0.3 is 13.8 Å². The average molecular weight is 696 g/mol. The molecule has 0 bridgehead atoms. The van der Waals surface area contributed by atoms with E-state index in [1.165, 1.54) is 64.2 Å². The van der Waals surface area contributed by atoms with Crippen LogP contribution in [0.4, 0.5) is 0 Å². The summed E-state index contributed by atoms with van der Waals surface area (Å²) in [6.07, 6.45) is 42.4. The van der Waals surface area contributed by atoms with Crippen LogP contribution in [0.1, 0.15) is 142 Å². The van der Waals surface area contributed by atoms with Crippen molar-refractivity contribution >= 4 is 13.8 Å². The normalized spacial score (nSPS) is 14.3. The summed E-state index contributed by atoms with van der Waals surface area (Å²) in [5.74, 6) is -0.388. The summed E-state index contributed by atoms with van der Waals surface area (Å²) in [5.41, 5.74) is 5.34. The number of nitrogens with two attached hydrogens (primary N) is 1. The monoisotopic (exact) mass is 695 g/mol. The second-order valence-corrected chi connectivity index (χ2v) is 13.5. The van der Waals surface area contributed by atoms with Gasteiger partial charge in [-0.25, -0.2) is 4.57 Å². The van der Waals surface area contributed by atoms with Crippen molar-refractivity contribution in [1.82, 2.24) is 0 Å². The predicted molar refractivity (Wildman–Crippen MR) is 201 cm³/mol. The lowest BCUT2D eigenvalue weighted by atomic mass is 10.1. The minimum Gasteiger partial charge on any atom is -0.457 e. The molecule has 0 amide bonds. The maximum absolute atomic E-state index is 12.5. The molecule has 48 heavy (non-hydrogen) atoms. The summed E-state index contributed by atoms with van der Waals surface area (Å²) >= 11 is 0. The Bertz CT molecular complexity index is 916. The summed E-state index contributed by atoms with van der Waals surface area (Å²) in [7, 11) is -4.29. The van der Waals surface area contributed by atoms with E-state index < -0.39 is 13.9 Å². The Morgan fingerprint density at radius 2 is 1.15 bits per heavy atom. The maximum Gasteiger partial charge on any atom is 0.472 e. The first-order valence-corrected chi connectivity index (χ1v) is 20.3. The van der Waals surface area contributed by atoms with Gasteiger partial charge in [0.2, 0.25) is 0 Å². The molecule has 0 rings (SSSR count). The Hall–Kier alpha value is -1.80. The van der Waals surface area contributed by atoms with Crippen molar-refractivity contribution in [2.45, 2.75) is 148 Å². The van der Waals surface area contributed by atoms with Gasteiger partial charge in [-0.15, -0.1) is 0 Å². The highest BCUT2D eigenvalue weighted by atomic mass is 31.2. The van der Waals surface area contributed by atoms with Crippen molar-refractivity contribution in [3.63, 3.8) is 0 Å². The molecule has 2 atom stereocenters. The first-order chi connectivity index (χ1) is 23.4. The molecule has 0 aliphatic rings. The highest BCUT2D eigenvalue weighted by molar-refractivity contribution is 7.47. The Kier molecular flexibility index (Phi) is 35.1. The van der Waals surface area contributed by atoms with Gasteiger partial charge in [-0.3, -0.25) is 13.8 Å². The van der Waals surface area contributed by atoms with E-state index in [0.29, 0.717) is 13.0 Å². The third-order valence-electron chi connectivity index (χ3n) is 7.45. The Balaban J connectivity index is 4.22. The minimum absolute atomic E-state index is 0.0897. The van der Waals surface area contributed by atoms with E-state index in [1.54, 1.807) is 0 Å². The molecule has 0 aliphatic heterocycles. The highest BCUT2D eigenvalue weighted by Crippen LogP contribution is 2.43. The van der Waals surface area contributed by atoms with Crippen molar-refractivity contribution in [2.75, 3.05) is 33.0 Å². The molecule has 278 valence electrons. The number of hydrogen-bond donors (Lipinski definition) is 2. The van der Waals surface area contributed by atoms with E-state index in [0.717, 1.165) is 51.4 Å². The third-order valence-corrected chi connectivity index (χ3v) is 8.43. The molecule has 0 aromatic carbocycles. The second-order valence-electron chi connectivity index (χ2n) is 12.1. The number of phosphoric ester groups is 1. The third kappa shape index (κ3) is 35.5. The van der Waals surface area contributed by atoms with E-state index in [1.807, 2.05) is 0 Å². The first-order valence-electron chi connectivity index (χ1n) is 18.8. The fourth-order valence-corrected chi connectivity index (χ4v) is 5.50. The van der Waals surface area contributed by atoms with Crippen molar-refractivity contribution < 1.29 is 32.8 Å². The predicted octanol–water partition coefficient (Wildman–Crippen LogP) is 10.6. The Labute approximate surface area is 293 Å². The second kappa shape index (κ2) is 36.5. The molecule has 9 heteroatoms. The number of allylic oxidation sites excluding steroid dienone is 10. The molecule has 0 saturated heterocycles. The average Bonchev–Trinajstić information content (AvgIpc) is 3.07. The molecule has 0 aromatic heterocycles. The van der Waals surface area contributed by atoms with Crippen LogP contribution >= 0.6 is 7.82 Å². The van der Waals surface area contributed by atoms with Crippen LogP contribution in [0.2, 0.25) is 0 Å². The van der Waals surface area contributed by atoms with Crippen LogP contribution in [0.5, 0.6) is 0 Å². The molecule has 3 N–H and O–H groups in total. The van der Waals surface area contributed by atoms with Crippen LogP contribution < -0.4 is 5.73 Å². The Morgan fingerprint density at radius 3 is 1.67 bits per heavy atom. The fraction of sp³-hybridized carbons (Fsp3) is 0.718. The van der Waals surface area contributed by atoms with Crippen molar-refractivity contribution in [2.24, 2.45) is 5.73 Å². The Morgan fingerprint density at radius 1 is 0.646 bits per heavy atom. The zero-order chi connectivity index (χ0) is 35.2. The summed E-state index contributed by atoms with van der Waals surface area (Å²) in [5, 5.41) is 0. The molecule has 0 saturated carbocycles. The van der Waals surface area contributed by atoms with Gasteiger partial charge in [-0.1, -0.05) is 145 Å². The van der Waals surface area contributed by atoms with Crippen LogP contribution in [-0.2, 0) is 27.9 Å². The number of esters is 1. The van der Waals surface area contributed by atoms with Gasteiger partial charge in [0.25, 0.3) is 0 Å². The quantitative estimate of drug-likeness (QED) is 0.0291. The van der Waals surface area contributed by atoms with Crippen molar-refractivity contribution in [3.05, 3.63) is 60.8 Å². The zero-order valence-corrected chi connectivity index (χ0v) is 31.3. The topological polar surface area (TPSA) is 117 Å².